The standard InChI is InChI=1S/C60H38/c1-4-22-49-39(13-1)16-11-27-51(49)45-20-9-18-41(33-45)43-29-31-54-48(35-43)38-60(59-37-47-15-3-6-24-53(47)55-25-7-8-26-56(55)59)58-36-44(30-32-57(54)58)42-19-10-21-46(34-42)52-28-12-17-40-14-2-5-23-50(40)52/h1-38H. The Morgan fingerprint density at radius 3 is 1.20 bits per heavy atom. The molecule has 0 heterocycles. The molecule has 12 aromatic rings. The van der Waals surface area contributed by atoms with Gasteiger partial charge < -0.3 is 0 Å². The van der Waals surface area contributed by atoms with Crippen LogP contribution in [0.2, 0.25) is 0 Å². The molecule has 0 saturated carbocycles. The normalized spacial score (nSPS) is 11.7. The molecule has 0 unspecified atom stereocenters. The Labute approximate surface area is 349 Å². The quantitative estimate of drug-likeness (QED) is 0.153. The van der Waals surface area contributed by atoms with Gasteiger partial charge in [0.15, 0.2) is 0 Å². The van der Waals surface area contributed by atoms with Crippen LogP contribution in [-0.2, 0) is 0 Å². The zero-order valence-corrected chi connectivity index (χ0v) is 32.9. The van der Waals surface area contributed by atoms with Gasteiger partial charge in [0.25, 0.3) is 0 Å². The minimum atomic E-state index is 1.21. The van der Waals surface area contributed by atoms with Gasteiger partial charge in [-0.15, -0.1) is 0 Å². The Hall–Kier alpha value is -7.80. The van der Waals surface area contributed by atoms with Crippen molar-refractivity contribution in [3.8, 4) is 55.6 Å². The predicted molar refractivity (Wildman–Crippen MR) is 259 cm³/mol. The Balaban J connectivity index is 1.07. The first-order valence-electron chi connectivity index (χ1n) is 20.8. The molecule has 0 aliphatic carbocycles. The molecular formula is C60H38. The van der Waals surface area contributed by atoms with Crippen molar-refractivity contribution in [2.75, 3.05) is 0 Å². The van der Waals surface area contributed by atoms with E-state index in [0.717, 1.165) is 0 Å². The van der Waals surface area contributed by atoms with Crippen LogP contribution in [-0.4, -0.2) is 0 Å². The third kappa shape index (κ3) is 5.69. The van der Waals surface area contributed by atoms with Crippen LogP contribution in [0.5, 0.6) is 0 Å². The van der Waals surface area contributed by atoms with Gasteiger partial charge >= 0.3 is 0 Å². The van der Waals surface area contributed by atoms with E-state index in [4.69, 9.17) is 0 Å². The van der Waals surface area contributed by atoms with Crippen LogP contribution in [0.15, 0.2) is 231 Å². The second-order valence-corrected chi connectivity index (χ2v) is 16.0. The highest BCUT2D eigenvalue weighted by Crippen LogP contribution is 2.43. The van der Waals surface area contributed by atoms with Crippen molar-refractivity contribution >= 4 is 64.6 Å². The first kappa shape index (κ1) is 34.3. The molecule has 0 heteroatoms. The van der Waals surface area contributed by atoms with E-state index in [-0.39, 0.29) is 0 Å². The summed E-state index contributed by atoms with van der Waals surface area (Å²) in [5.74, 6) is 0. The van der Waals surface area contributed by atoms with Gasteiger partial charge in [-0.3, -0.25) is 0 Å². The van der Waals surface area contributed by atoms with E-state index in [1.54, 1.807) is 0 Å². The van der Waals surface area contributed by atoms with Gasteiger partial charge in [-0.2, -0.15) is 0 Å². The van der Waals surface area contributed by atoms with Gasteiger partial charge in [-0.05, 0) is 157 Å². The summed E-state index contributed by atoms with van der Waals surface area (Å²) < 4.78 is 0. The molecule has 60 heavy (non-hydrogen) atoms. The van der Waals surface area contributed by atoms with Gasteiger partial charge in [-0.25, -0.2) is 0 Å². The molecule has 0 aliphatic rings. The van der Waals surface area contributed by atoms with Gasteiger partial charge in [0.1, 0.15) is 0 Å². The van der Waals surface area contributed by atoms with Crippen LogP contribution in [0, 0.1) is 0 Å². The van der Waals surface area contributed by atoms with E-state index >= 15 is 0 Å². The number of rotatable bonds is 5. The Morgan fingerprint density at radius 2 is 0.550 bits per heavy atom. The molecule has 0 radical (unpaired) electrons. The summed E-state index contributed by atoms with van der Waals surface area (Å²) in [5, 5.41) is 15.1. The van der Waals surface area contributed by atoms with E-state index in [1.165, 1.54) is 120 Å². The Kier molecular flexibility index (Phi) is 7.96. The summed E-state index contributed by atoms with van der Waals surface area (Å²) in [6.07, 6.45) is 0. The van der Waals surface area contributed by atoms with Crippen LogP contribution in [0.4, 0.5) is 0 Å². The van der Waals surface area contributed by atoms with Crippen molar-refractivity contribution < 1.29 is 0 Å². The lowest BCUT2D eigenvalue weighted by atomic mass is 9.86. The molecule has 0 aromatic heterocycles. The van der Waals surface area contributed by atoms with Crippen molar-refractivity contribution in [2.45, 2.75) is 0 Å². The molecule has 278 valence electrons. The molecule has 0 spiro atoms. The van der Waals surface area contributed by atoms with Crippen LogP contribution in [0.3, 0.4) is 0 Å². The topological polar surface area (TPSA) is 0 Å². The summed E-state index contributed by atoms with van der Waals surface area (Å²) in [6, 6.07) is 85.3. The monoisotopic (exact) mass is 758 g/mol. The van der Waals surface area contributed by atoms with Crippen LogP contribution in [0.1, 0.15) is 0 Å². The number of benzene rings is 12. The zero-order chi connectivity index (χ0) is 39.6. The fraction of sp³-hybridized carbons (Fsp3) is 0. The molecule has 0 nitrogen and oxygen atoms in total. The summed E-state index contributed by atoms with van der Waals surface area (Å²) in [7, 11) is 0. The van der Waals surface area contributed by atoms with E-state index in [1.807, 2.05) is 0 Å². The van der Waals surface area contributed by atoms with E-state index in [9.17, 15) is 0 Å². The third-order valence-electron chi connectivity index (χ3n) is 12.6. The minimum Gasteiger partial charge on any atom is -0.0616 e. The van der Waals surface area contributed by atoms with Crippen LogP contribution in [0.25, 0.3) is 120 Å². The van der Waals surface area contributed by atoms with Crippen molar-refractivity contribution in [3.05, 3.63) is 231 Å². The van der Waals surface area contributed by atoms with Crippen LogP contribution < -0.4 is 0 Å². The minimum absolute atomic E-state index is 1.21. The van der Waals surface area contributed by atoms with Gasteiger partial charge in [0.05, 0.1) is 0 Å². The molecule has 0 atom stereocenters. The van der Waals surface area contributed by atoms with Crippen molar-refractivity contribution in [1.82, 2.24) is 0 Å². The average Bonchev–Trinajstić information content (AvgIpc) is 3.33. The number of hydrogen-bond acceptors (Lipinski definition) is 0. The first-order valence-corrected chi connectivity index (χ1v) is 20.8. The van der Waals surface area contributed by atoms with Gasteiger partial charge in [0, 0.05) is 0 Å². The largest absolute Gasteiger partial charge is 0.0616 e. The third-order valence-corrected chi connectivity index (χ3v) is 12.6. The lowest BCUT2D eigenvalue weighted by Gasteiger charge is -2.17. The highest BCUT2D eigenvalue weighted by Gasteiger charge is 2.16. The maximum absolute atomic E-state index is 2.45. The average molecular weight is 759 g/mol. The molecule has 0 aliphatic heterocycles. The molecule has 0 saturated heterocycles. The predicted octanol–water partition coefficient (Wildman–Crippen LogP) is 16.9. The fourth-order valence-electron chi connectivity index (χ4n) is 9.71. The van der Waals surface area contributed by atoms with E-state index in [0.29, 0.717) is 0 Å². The van der Waals surface area contributed by atoms with Crippen LogP contribution >= 0.6 is 0 Å². The summed E-state index contributed by atoms with van der Waals surface area (Å²) in [6.45, 7) is 0. The highest BCUT2D eigenvalue weighted by molar-refractivity contribution is 6.21. The van der Waals surface area contributed by atoms with Gasteiger partial charge in [-0.1, -0.05) is 194 Å². The van der Waals surface area contributed by atoms with E-state index < -0.39 is 0 Å². The maximum atomic E-state index is 2.45. The number of fused-ring (bicyclic) bond motifs is 8. The SMILES string of the molecule is c1cc(-c2ccc3c(c2)cc(-c2cc4ccccc4c4ccccc24)c2cc(-c4cccc(-c5cccc6ccccc56)c4)ccc23)cc(-c2cccc3ccccc23)c1. The van der Waals surface area contributed by atoms with Crippen molar-refractivity contribution in [1.29, 1.82) is 0 Å². The molecule has 12 rings (SSSR count). The molecule has 0 amide bonds. The second kappa shape index (κ2) is 13.9. The lowest BCUT2D eigenvalue weighted by Crippen LogP contribution is -1.90. The summed E-state index contributed by atoms with van der Waals surface area (Å²) >= 11 is 0. The molecule has 12 aromatic carbocycles. The molecule has 0 bridgehead atoms. The smallest absolute Gasteiger partial charge is 0.00923 e. The molecular weight excluding hydrogens is 721 g/mol. The zero-order valence-electron chi connectivity index (χ0n) is 32.9. The molecule has 0 fully saturated rings. The van der Waals surface area contributed by atoms with E-state index in [2.05, 4.69) is 231 Å². The van der Waals surface area contributed by atoms with Gasteiger partial charge in [0.2, 0.25) is 0 Å². The molecule has 0 N–H and O–H groups in total. The summed E-state index contributed by atoms with van der Waals surface area (Å²) in [4.78, 5) is 0. The number of hydrogen-bond donors (Lipinski definition) is 0. The fourth-order valence-corrected chi connectivity index (χ4v) is 9.71. The van der Waals surface area contributed by atoms with Crippen molar-refractivity contribution in [2.24, 2.45) is 0 Å². The second-order valence-electron chi connectivity index (χ2n) is 16.0. The first-order chi connectivity index (χ1) is 29.7. The maximum Gasteiger partial charge on any atom is -0.00923 e. The van der Waals surface area contributed by atoms with Crippen molar-refractivity contribution in [3.63, 3.8) is 0 Å². The Morgan fingerprint density at radius 1 is 0.150 bits per heavy atom. The Bertz CT molecular complexity index is 3650. The highest BCUT2D eigenvalue weighted by atomic mass is 14.2. The lowest BCUT2D eigenvalue weighted by molar-refractivity contribution is 1.61. The summed E-state index contributed by atoms with van der Waals surface area (Å²) in [5.41, 5.74) is 12.3.